The zero-order chi connectivity index (χ0) is 15.8. The number of hydrogen-bond donors (Lipinski definition) is 1. The molecule has 0 spiro atoms. The van der Waals surface area contributed by atoms with E-state index in [1.807, 2.05) is 0 Å². The summed E-state index contributed by atoms with van der Waals surface area (Å²) < 4.78 is 5.33. The lowest BCUT2D eigenvalue weighted by Crippen LogP contribution is -2.26. The predicted molar refractivity (Wildman–Crippen MR) is 87.8 cm³/mol. The zero-order valence-electron chi connectivity index (χ0n) is 14.5. The molecule has 120 valence electrons. The Hall–Kier alpha value is -1.00. The Morgan fingerprint density at radius 3 is 2.05 bits per heavy atom. The average molecular weight is 293 g/mol. The third-order valence-corrected chi connectivity index (χ3v) is 3.69. The van der Waals surface area contributed by atoms with Gasteiger partial charge < -0.3 is 10.1 Å². The van der Waals surface area contributed by atoms with E-state index in [2.05, 4.69) is 39.9 Å². The summed E-state index contributed by atoms with van der Waals surface area (Å²) in [6.07, 6.45) is 3.86. The summed E-state index contributed by atoms with van der Waals surface area (Å²) in [5.74, 6) is 0.915. The number of aryl methyl sites for hydroxylation is 2. The highest BCUT2D eigenvalue weighted by atomic mass is 16.5. The van der Waals surface area contributed by atoms with Gasteiger partial charge >= 0.3 is 0 Å². The molecule has 0 saturated heterocycles. The highest BCUT2D eigenvalue weighted by Crippen LogP contribution is 2.15. The van der Waals surface area contributed by atoms with E-state index in [0.29, 0.717) is 6.04 Å². The standard InChI is InChI=1S/C17H31N3O/c1-7-15-14(9-10-18-12(3)4)16(8-2)20-17(19-15)11-13(5)21-6/h12-13,18H,7-11H2,1-6H3. The monoisotopic (exact) mass is 293 g/mol. The number of rotatable bonds is 9. The van der Waals surface area contributed by atoms with Gasteiger partial charge in [-0.15, -0.1) is 0 Å². The quantitative estimate of drug-likeness (QED) is 0.760. The minimum absolute atomic E-state index is 0.160. The van der Waals surface area contributed by atoms with Crippen molar-refractivity contribution >= 4 is 0 Å². The Morgan fingerprint density at radius 1 is 1.05 bits per heavy atom. The smallest absolute Gasteiger partial charge is 0.131 e. The lowest BCUT2D eigenvalue weighted by Gasteiger charge is -2.16. The molecule has 1 N–H and O–H groups in total. The van der Waals surface area contributed by atoms with Crippen LogP contribution in [0.5, 0.6) is 0 Å². The van der Waals surface area contributed by atoms with Crippen molar-refractivity contribution in [3.63, 3.8) is 0 Å². The van der Waals surface area contributed by atoms with Crippen LogP contribution in [0.3, 0.4) is 0 Å². The van der Waals surface area contributed by atoms with Gasteiger partial charge in [-0.05, 0) is 38.3 Å². The van der Waals surface area contributed by atoms with E-state index in [1.54, 1.807) is 7.11 Å². The number of aromatic nitrogens is 2. The van der Waals surface area contributed by atoms with Crippen LogP contribution in [0.4, 0.5) is 0 Å². The lowest BCUT2D eigenvalue weighted by atomic mass is 10.0. The maximum Gasteiger partial charge on any atom is 0.131 e. The van der Waals surface area contributed by atoms with Crippen LogP contribution in [0.15, 0.2) is 0 Å². The van der Waals surface area contributed by atoms with Crippen LogP contribution >= 0.6 is 0 Å². The van der Waals surface area contributed by atoms with Gasteiger partial charge in [0.1, 0.15) is 5.82 Å². The summed E-state index contributed by atoms with van der Waals surface area (Å²) in [5.41, 5.74) is 3.73. The Morgan fingerprint density at radius 2 is 1.62 bits per heavy atom. The fourth-order valence-electron chi connectivity index (χ4n) is 2.43. The van der Waals surface area contributed by atoms with Gasteiger partial charge in [0.2, 0.25) is 0 Å². The topological polar surface area (TPSA) is 47.0 Å². The molecule has 1 aromatic rings. The minimum atomic E-state index is 0.160. The molecule has 0 fully saturated rings. The summed E-state index contributed by atoms with van der Waals surface area (Å²) in [7, 11) is 1.73. The van der Waals surface area contributed by atoms with Crippen LogP contribution in [0.2, 0.25) is 0 Å². The van der Waals surface area contributed by atoms with Crippen LogP contribution in [-0.2, 0) is 30.4 Å². The molecule has 1 heterocycles. The van der Waals surface area contributed by atoms with E-state index >= 15 is 0 Å². The van der Waals surface area contributed by atoms with Crippen LogP contribution in [0.1, 0.15) is 57.4 Å². The van der Waals surface area contributed by atoms with Crippen LogP contribution < -0.4 is 5.32 Å². The Kier molecular flexibility index (Phi) is 7.83. The first-order valence-corrected chi connectivity index (χ1v) is 8.15. The third-order valence-electron chi connectivity index (χ3n) is 3.69. The van der Waals surface area contributed by atoms with E-state index in [1.165, 1.54) is 17.0 Å². The van der Waals surface area contributed by atoms with E-state index in [0.717, 1.165) is 38.1 Å². The molecule has 1 unspecified atom stereocenters. The Bertz CT molecular complexity index is 407. The summed E-state index contributed by atoms with van der Waals surface area (Å²) in [5, 5.41) is 3.48. The molecule has 0 radical (unpaired) electrons. The first kappa shape index (κ1) is 18.1. The Labute approximate surface area is 129 Å². The van der Waals surface area contributed by atoms with Gasteiger partial charge in [0.15, 0.2) is 0 Å². The van der Waals surface area contributed by atoms with Gasteiger partial charge in [0.25, 0.3) is 0 Å². The number of ether oxygens (including phenoxy) is 1. The second kappa shape index (κ2) is 9.11. The van der Waals surface area contributed by atoms with Crippen LogP contribution in [-0.4, -0.2) is 35.8 Å². The lowest BCUT2D eigenvalue weighted by molar-refractivity contribution is 0.117. The number of hydrogen-bond acceptors (Lipinski definition) is 4. The van der Waals surface area contributed by atoms with Crippen molar-refractivity contribution in [1.29, 1.82) is 0 Å². The molecule has 1 aromatic heterocycles. The summed E-state index contributed by atoms with van der Waals surface area (Å²) >= 11 is 0. The van der Waals surface area contributed by atoms with Gasteiger partial charge in [0.05, 0.1) is 6.10 Å². The normalized spacial score (nSPS) is 12.9. The molecular formula is C17H31N3O. The van der Waals surface area contributed by atoms with Crippen molar-refractivity contribution < 1.29 is 4.74 Å². The first-order valence-electron chi connectivity index (χ1n) is 8.15. The van der Waals surface area contributed by atoms with Crippen LogP contribution in [0.25, 0.3) is 0 Å². The van der Waals surface area contributed by atoms with Crippen molar-refractivity contribution in [2.24, 2.45) is 0 Å². The third kappa shape index (κ3) is 5.71. The number of methoxy groups -OCH3 is 1. The summed E-state index contributed by atoms with van der Waals surface area (Å²) in [4.78, 5) is 9.53. The maximum atomic E-state index is 5.33. The van der Waals surface area contributed by atoms with Gasteiger partial charge in [-0.1, -0.05) is 27.7 Å². The highest BCUT2D eigenvalue weighted by Gasteiger charge is 2.14. The Balaban J connectivity index is 2.95. The van der Waals surface area contributed by atoms with Crippen molar-refractivity contribution in [2.75, 3.05) is 13.7 Å². The van der Waals surface area contributed by atoms with Gasteiger partial charge in [0, 0.05) is 31.0 Å². The van der Waals surface area contributed by atoms with Crippen molar-refractivity contribution in [2.45, 2.75) is 72.4 Å². The molecule has 0 aliphatic carbocycles. The molecule has 0 bridgehead atoms. The second-order valence-electron chi connectivity index (χ2n) is 5.83. The molecule has 21 heavy (non-hydrogen) atoms. The molecule has 0 aliphatic rings. The predicted octanol–water partition coefficient (Wildman–Crippen LogP) is 2.72. The summed E-state index contributed by atoms with van der Waals surface area (Å²) in [6, 6.07) is 0.517. The van der Waals surface area contributed by atoms with Crippen LogP contribution in [0, 0.1) is 0 Å². The molecule has 1 atom stereocenters. The van der Waals surface area contributed by atoms with Crippen molar-refractivity contribution in [3.05, 3.63) is 22.8 Å². The van der Waals surface area contributed by atoms with Crippen molar-refractivity contribution in [3.8, 4) is 0 Å². The summed E-state index contributed by atoms with van der Waals surface area (Å²) in [6.45, 7) is 11.7. The van der Waals surface area contributed by atoms with E-state index in [9.17, 15) is 0 Å². The molecule has 0 saturated carbocycles. The second-order valence-corrected chi connectivity index (χ2v) is 5.83. The van der Waals surface area contributed by atoms with Crippen molar-refractivity contribution in [1.82, 2.24) is 15.3 Å². The van der Waals surface area contributed by atoms with Gasteiger partial charge in [-0.25, -0.2) is 9.97 Å². The largest absolute Gasteiger partial charge is 0.381 e. The number of nitrogens with zero attached hydrogens (tertiary/aromatic N) is 2. The molecule has 0 amide bonds. The zero-order valence-corrected chi connectivity index (χ0v) is 14.5. The van der Waals surface area contributed by atoms with Gasteiger partial charge in [-0.2, -0.15) is 0 Å². The van der Waals surface area contributed by atoms with E-state index in [-0.39, 0.29) is 6.10 Å². The first-order chi connectivity index (χ1) is 10.0. The maximum absolute atomic E-state index is 5.33. The average Bonchev–Trinajstić information content (AvgIpc) is 2.47. The number of nitrogens with one attached hydrogen (secondary N) is 1. The molecular weight excluding hydrogens is 262 g/mol. The van der Waals surface area contributed by atoms with E-state index < -0.39 is 0 Å². The SMILES string of the molecule is CCc1nc(CC(C)OC)nc(CC)c1CCNC(C)C. The molecule has 4 heteroatoms. The minimum Gasteiger partial charge on any atom is -0.381 e. The molecule has 1 rings (SSSR count). The molecule has 4 nitrogen and oxygen atoms in total. The fourth-order valence-corrected chi connectivity index (χ4v) is 2.43. The molecule has 0 aromatic carbocycles. The van der Waals surface area contributed by atoms with Gasteiger partial charge in [-0.3, -0.25) is 0 Å². The molecule has 0 aliphatic heterocycles. The fraction of sp³-hybridized carbons (Fsp3) is 0.765. The highest BCUT2D eigenvalue weighted by molar-refractivity contribution is 5.27. The van der Waals surface area contributed by atoms with E-state index in [4.69, 9.17) is 14.7 Å².